The van der Waals surface area contributed by atoms with Crippen LogP contribution in [0.25, 0.3) is 0 Å². The maximum Gasteiger partial charge on any atom is 0.341 e. The number of carbonyl (C=O) groups is 1. The molecule has 6 nitrogen and oxygen atoms in total. The van der Waals surface area contributed by atoms with Gasteiger partial charge in [0.25, 0.3) is 0 Å². The standard InChI is InChI=1S/C19H24N2O4/c1-14-11-17(20-25-14)18-5-3-2-4-10-21(18)12-15-6-8-16(9-7-15)24-13-19(22)23/h6-9,11,18H,2-5,10,12-13H2,1H3,(H,22,23). The fraction of sp³-hybridized carbons (Fsp3) is 0.474. The van der Waals surface area contributed by atoms with Crippen LogP contribution in [0.3, 0.4) is 0 Å². The van der Waals surface area contributed by atoms with Gasteiger partial charge in [-0.05, 0) is 44.0 Å². The SMILES string of the molecule is Cc1cc(C2CCCCCN2Cc2ccc(OCC(=O)O)cc2)no1. The first-order chi connectivity index (χ1) is 12.1. The number of ether oxygens (including phenoxy) is 1. The molecule has 0 amide bonds. The predicted octanol–water partition coefficient (Wildman–Crippen LogP) is 3.56. The molecule has 0 bridgehead atoms. The second-order valence-corrected chi connectivity index (χ2v) is 6.52. The van der Waals surface area contributed by atoms with Gasteiger partial charge < -0.3 is 14.4 Å². The first kappa shape index (κ1) is 17.5. The van der Waals surface area contributed by atoms with E-state index in [4.69, 9.17) is 14.4 Å². The molecule has 1 N–H and O–H groups in total. The Balaban J connectivity index is 1.69. The Morgan fingerprint density at radius 2 is 2.12 bits per heavy atom. The molecule has 0 saturated carbocycles. The number of carboxylic acids is 1. The molecule has 1 atom stereocenters. The highest BCUT2D eigenvalue weighted by Crippen LogP contribution is 2.31. The number of aliphatic carboxylic acids is 1. The lowest BCUT2D eigenvalue weighted by molar-refractivity contribution is -0.139. The molecule has 0 radical (unpaired) electrons. The first-order valence-corrected chi connectivity index (χ1v) is 8.72. The molecular formula is C19H24N2O4. The van der Waals surface area contributed by atoms with Gasteiger partial charge in [0.1, 0.15) is 17.2 Å². The molecule has 1 aromatic carbocycles. The number of nitrogens with zero attached hydrogens (tertiary/aromatic N) is 2. The van der Waals surface area contributed by atoms with Crippen LogP contribution in [-0.4, -0.2) is 34.3 Å². The first-order valence-electron chi connectivity index (χ1n) is 8.72. The Morgan fingerprint density at radius 1 is 1.32 bits per heavy atom. The van der Waals surface area contributed by atoms with Crippen molar-refractivity contribution in [2.75, 3.05) is 13.2 Å². The van der Waals surface area contributed by atoms with Crippen molar-refractivity contribution >= 4 is 5.97 Å². The van der Waals surface area contributed by atoms with E-state index >= 15 is 0 Å². The zero-order valence-corrected chi connectivity index (χ0v) is 14.5. The summed E-state index contributed by atoms with van der Waals surface area (Å²) in [5, 5.41) is 12.9. The molecule has 134 valence electrons. The van der Waals surface area contributed by atoms with Crippen molar-refractivity contribution in [2.45, 2.75) is 45.2 Å². The van der Waals surface area contributed by atoms with Gasteiger partial charge in [0, 0.05) is 12.6 Å². The van der Waals surface area contributed by atoms with E-state index in [9.17, 15) is 4.79 Å². The summed E-state index contributed by atoms with van der Waals surface area (Å²) in [6, 6.07) is 9.95. The average Bonchev–Trinajstić information content (AvgIpc) is 2.89. The van der Waals surface area contributed by atoms with E-state index in [0.717, 1.165) is 31.0 Å². The van der Waals surface area contributed by atoms with Crippen LogP contribution in [0.2, 0.25) is 0 Å². The summed E-state index contributed by atoms with van der Waals surface area (Å²) in [5.41, 5.74) is 2.19. The van der Waals surface area contributed by atoms with Crippen LogP contribution in [0, 0.1) is 6.92 Å². The normalized spacial score (nSPS) is 18.7. The van der Waals surface area contributed by atoms with Crippen LogP contribution >= 0.6 is 0 Å². The minimum Gasteiger partial charge on any atom is -0.482 e. The van der Waals surface area contributed by atoms with E-state index in [1.807, 2.05) is 37.3 Å². The lowest BCUT2D eigenvalue weighted by Crippen LogP contribution is -2.28. The quantitative estimate of drug-likeness (QED) is 0.863. The number of likely N-dealkylation sites (tertiary alicyclic amines) is 1. The van der Waals surface area contributed by atoms with Crippen molar-refractivity contribution in [2.24, 2.45) is 0 Å². The van der Waals surface area contributed by atoms with Gasteiger partial charge in [-0.2, -0.15) is 0 Å². The molecule has 1 fully saturated rings. The van der Waals surface area contributed by atoms with Crippen molar-refractivity contribution < 1.29 is 19.2 Å². The van der Waals surface area contributed by atoms with E-state index in [2.05, 4.69) is 10.1 Å². The van der Waals surface area contributed by atoms with Gasteiger partial charge in [0.2, 0.25) is 0 Å². The van der Waals surface area contributed by atoms with Gasteiger partial charge in [0.15, 0.2) is 6.61 Å². The number of rotatable bonds is 6. The largest absolute Gasteiger partial charge is 0.482 e. The lowest BCUT2D eigenvalue weighted by atomic mass is 10.1. The van der Waals surface area contributed by atoms with Crippen molar-refractivity contribution in [1.82, 2.24) is 10.1 Å². The number of benzene rings is 1. The Kier molecular flexibility index (Phi) is 5.71. The second-order valence-electron chi connectivity index (χ2n) is 6.52. The maximum atomic E-state index is 10.6. The summed E-state index contributed by atoms with van der Waals surface area (Å²) < 4.78 is 10.5. The smallest absolute Gasteiger partial charge is 0.341 e. The van der Waals surface area contributed by atoms with Crippen LogP contribution in [0.4, 0.5) is 0 Å². The number of carboxylic acid groups (broad SMARTS) is 1. The summed E-state index contributed by atoms with van der Waals surface area (Å²) >= 11 is 0. The highest BCUT2D eigenvalue weighted by atomic mass is 16.5. The van der Waals surface area contributed by atoms with E-state index in [1.54, 1.807) is 0 Å². The molecule has 2 aromatic rings. The minimum absolute atomic E-state index is 0.280. The number of hydrogen-bond acceptors (Lipinski definition) is 5. The highest BCUT2D eigenvalue weighted by molar-refractivity contribution is 5.68. The van der Waals surface area contributed by atoms with Crippen LogP contribution in [0.5, 0.6) is 5.75 Å². The van der Waals surface area contributed by atoms with Gasteiger partial charge >= 0.3 is 5.97 Å². The molecule has 2 heterocycles. The third-order valence-corrected chi connectivity index (χ3v) is 4.52. The molecular weight excluding hydrogens is 320 g/mol. The fourth-order valence-corrected chi connectivity index (χ4v) is 3.31. The van der Waals surface area contributed by atoms with E-state index in [-0.39, 0.29) is 12.6 Å². The molecule has 6 heteroatoms. The summed E-state index contributed by atoms with van der Waals surface area (Å²) in [7, 11) is 0. The van der Waals surface area contributed by atoms with Crippen molar-refractivity contribution in [3.05, 3.63) is 47.3 Å². The maximum absolute atomic E-state index is 10.6. The molecule has 0 spiro atoms. The Bertz CT molecular complexity index is 696. The van der Waals surface area contributed by atoms with Gasteiger partial charge in [-0.25, -0.2) is 4.79 Å². The summed E-state index contributed by atoms with van der Waals surface area (Å²) in [6.07, 6.45) is 4.72. The van der Waals surface area contributed by atoms with Crippen molar-refractivity contribution in [1.29, 1.82) is 0 Å². The Hall–Kier alpha value is -2.34. The van der Waals surface area contributed by atoms with Crippen LogP contribution in [0.1, 0.15) is 48.7 Å². The molecule has 1 aliphatic heterocycles. The van der Waals surface area contributed by atoms with Crippen molar-refractivity contribution in [3.63, 3.8) is 0 Å². The molecule has 0 aliphatic carbocycles. The zero-order chi connectivity index (χ0) is 17.6. The minimum atomic E-state index is -0.973. The second kappa shape index (κ2) is 8.16. The fourth-order valence-electron chi connectivity index (χ4n) is 3.31. The Morgan fingerprint density at radius 3 is 2.80 bits per heavy atom. The lowest BCUT2D eigenvalue weighted by Gasteiger charge is -2.28. The number of hydrogen-bond donors (Lipinski definition) is 1. The summed E-state index contributed by atoms with van der Waals surface area (Å²) in [5.74, 6) is 0.448. The van der Waals surface area contributed by atoms with E-state index < -0.39 is 5.97 Å². The third-order valence-electron chi connectivity index (χ3n) is 4.52. The van der Waals surface area contributed by atoms with Crippen molar-refractivity contribution in [3.8, 4) is 5.75 Å². The predicted molar refractivity (Wildman–Crippen MR) is 92.4 cm³/mol. The van der Waals surface area contributed by atoms with E-state index in [0.29, 0.717) is 5.75 Å². The summed E-state index contributed by atoms with van der Waals surface area (Å²) in [6.45, 7) is 3.47. The van der Waals surface area contributed by atoms with Crippen LogP contribution in [-0.2, 0) is 11.3 Å². The third kappa shape index (κ3) is 4.82. The Labute approximate surface area is 147 Å². The monoisotopic (exact) mass is 344 g/mol. The molecule has 1 aliphatic rings. The van der Waals surface area contributed by atoms with Gasteiger partial charge in [-0.3, -0.25) is 4.90 Å². The van der Waals surface area contributed by atoms with Gasteiger partial charge in [-0.15, -0.1) is 0 Å². The van der Waals surface area contributed by atoms with E-state index in [1.165, 1.54) is 24.8 Å². The topological polar surface area (TPSA) is 75.8 Å². The van der Waals surface area contributed by atoms with Gasteiger partial charge in [0.05, 0.1) is 6.04 Å². The molecule has 25 heavy (non-hydrogen) atoms. The molecule has 3 rings (SSSR count). The highest BCUT2D eigenvalue weighted by Gasteiger charge is 2.25. The zero-order valence-electron chi connectivity index (χ0n) is 14.5. The average molecular weight is 344 g/mol. The molecule has 1 unspecified atom stereocenters. The molecule has 1 saturated heterocycles. The van der Waals surface area contributed by atoms with Gasteiger partial charge in [-0.1, -0.05) is 30.1 Å². The molecule has 1 aromatic heterocycles. The van der Waals surface area contributed by atoms with Crippen LogP contribution < -0.4 is 4.74 Å². The summed E-state index contributed by atoms with van der Waals surface area (Å²) in [4.78, 5) is 13.0. The number of aromatic nitrogens is 1. The number of aryl methyl sites for hydroxylation is 1. The van der Waals surface area contributed by atoms with Crippen LogP contribution in [0.15, 0.2) is 34.9 Å².